The average Bonchev–Trinajstić information content (AvgIpc) is 3.48. The number of benzene rings is 2. The largest absolute Gasteiger partial charge is 0.487 e. The van der Waals surface area contributed by atoms with Crippen molar-refractivity contribution in [1.82, 2.24) is 14.8 Å². The molecule has 2 aliphatic rings. The molecule has 34 heavy (non-hydrogen) atoms. The summed E-state index contributed by atoms with van der Waals surface area (Å²) in [6, 6.07) is 17.6. The van der Waals surface area contributed by atoms with E-state index in [0.29, 0.717) is 5.75 Å². The second-order valence-electron chi connectivity index (χ2n) is 9.10. The number of carbonyl (C=O) groups excluding carboxylic acids is 1. The molecule has 4 atom stereocenters. The number of aromatic nitrogens is 1. The molecule has 2 saturated carbocycles. The Morgan fingerprint density at radius 3 is 2.59 bits per heavy atom. The zero-order chi connectivity index (χ0) is 23.9. The molecule has 0 saturated heterocycles. The van der Waals surface area contributed by atoms with Crippen molar-refractivity contribution >= 4 is 26.8 Å². The molecule has 0 radical (unpaired) electrons. The molecule has 9 heteroatoms. The van der Waals surface area contributed by atoms with Gasteiger partial charge in [0.2, 0.25) is 15.9 Å². The van der Waals surface area contributed by atoms with Gasteiger partial charge in [0.25, 0.3) is 0 Å². The lowest BCUT2D eigenvalue weighted by Crippen LogP contribution is -2.50. The highest BCUT2D eigenvalue weighted by atomic mass is 32.2. The summed E-state index contributed by atoms with van der Waals surface area (Å²) in [5.41, 5.74) is 3.40. The molecule has 0 aliphatic heterocycles. The van der Waals surface area contributed by atoms with Gasteiger partial charge in [0.15, 0.2) is 0 Å². The molecule has 8 nitrogen and oxygen atoms in total. The first-order valence-electron chi connectivity index (χ1n) is 11.4. The monoisotopic (exact) mass is 481 g/mol. The fourth-order valence-corrected chi connectivity index (χ4v) is 7.04. The normalized spacial score (nSPS) is 24.0. The van der Waals surface area contributed by atoms with Crippen molar-refractivity contribution in [2.24, 2.45) is 17.8 Å². The van der Waals surface area contributed by atoms with Crippen LogP contribution in [0.4, 0.5) is 0 Å². The highest BCUT2D eigenvalue weighted by Gasteiger charge is 2.54. The van der Waals surface area contributed by atoms with E-state index in [1.807, 2.05) is 36.4 Å². The van der Waals surface area contributed by atoms with E-state index < -0.39 is 27.9 Å². The third kappa shape index (κ3) is 4.04. The van der Waals surface area contributed by atoms with Crippen LogP contribution in [0.15, 0.2) is 65.6 Å². The van der Waals surface area contributed by atoms with Crippen LogP contribution in [-0.2, 0) is 21.4 Å². The van der Waals surface area contributed by atoms with E-state index in [2.05, 4.69) is 4.98 Å². The third-order valence-electron chi connectivity index (χ3n) is 7.25. The van der Waals surface area contributed by atoms with E-state index in [1.54, 1.807) is 17.6 Å². The maximum atomic E-state index is 13.3. The molecule has 2 aromatic carbocycles. The van der Waals surface area contributed by atoms with Crippen molar-refractivity contribution in [2.45, 2.75) is 36.8 Å². The number of ether oxygens (including phenoxy) is 1. The van der Waals surface area contributed by atoms with Gasteiger partial charge in [0, 0.05) is 18.5 Å². The number of nitrogens with zero attached hydrogens (tertiary/aromatic N) is 2. The fraction of sp³-hybridized carbons (Fsp3) is 0.360. The Morgan fingerprint density at radius 1 is 1.09 bits per heavy atom. The maximum absolute atomic E-state index is 13.3. The molecule has 2 unspecified atom stereocenters. The number of amides is 1. The average molecular weight is 482 g/mol. The van der Waals surface area contributed by atoms with Crippen LogP contribution >= 0.6 is 0 Å². The smallest absolute Gasteiger partial charge is 0.248 e. The van der Waals surface area contributed by atoms with Gasteiger partial charge in [-0.1, -0.05) is 24.3 Å². The predicted octanol–water partition coefficient (Wildman–Crippen LogP) is 3.35. The summed E-state index contributed by atoms with van der Waals surface area (Å²) < 4.78 is 33.8. The number of para-hydroxylation sites is 1. The number of carbonyl (C=O) groups is 1. The molecular formula is C25H27N3O5S. The number of nitrogens with one attached hydrogen (secondary N) is 1. The van der Waals surface area contributed by atoms with Crippen molar-refractivity contribution in [3.05, 3.63) is 66.4 Å². The fourth-order valence-electron chi connectivity index (χ4n) is 5.61. The van der Waals surface area contributed by atoms with Crippen molar-refractivity contribution < 1.29 is 23.2 Å². The summed E-state index contributed by atoms with van der Waals surface area (Å²) >= 11 is 0. The minimum Gasteiger partial charge on any atom is -0.487 e. The van der Waals surface area contributed by atoms with Crippen LogP contribution in [0.25, 0.3) is 10.9 Å². The van der Waals surface area contributed by atoms with Crippen molar-refractivity contribution in [3.63, 3.8) is 0 Å². The number of hydroxylamine groups is 1. The van der Waals surface area contributed by atoms with Crippen molar-refractivity contribution in [3.8, 4) is 5.75 Å². The minimum absolute atomic E-state index is 0.0966. The lowest BCUT2D eigenvalue weighted by molar-refractivity contribution is -0.136. The van der Waals surface area contributed by atoms with Gasteiger partial charge in [-0.3, -0.25) is 10.0 Å². The summed E-state index contributed by atoms with van der Waals surface area (Å²) in [5, 5.41) is 10.2. The molecule has 1 heterocycles. The van der Waals surface area contributed by atoms with Crippen LogP contribution in [0, 0.1) is 17.8 Å². The van der Waals surface area contributed by atoms with E-state index in [0.717, 1.165) is 35.9 Å². The first kappa shape index (κ1) is 22.8. The number of rotatable bonds is 7. The van der Waals surface area contributed by atoms with Gasteiger partial charge in [0.05, 0.1) is 22.0 Å². The Labute approximate surface area is 198 Å². The predicted molar refractivity (Wildman–Crippen MR) is 126 cm³/mol. The molecular weight excluding hydrogens is 454 g/mol. The molecule has 1 amide bonds. The van der Waals surface area contributed by atoms with Crippen molar-refractivity contribution in [1.29, 1.82) is 0 Å². The van der Waals surface area contributed by atoms with E-state index in [-0.39, 0.29) is 23.3 Å². The van der Waals surface area contributed by atoms with Crippen LogP contribution in [0.3, 0.4) is 0 Å². The number of pyridine rings is 1. The molecule has 1 aromatic heterocycles. The number of hydrogen-bond donors (Lipinski definition) is 2. The summed E-state index contributed by atoms with van der Waals surface area (Å²) in [7, 11) is -2.30. The number of hydrogen-bond acceptors (Lipinski definition) is 6. The van der Waals surface area contributed by atoms with Gasteiger partial charge in [-0.05, 0) is 67.5 Å². The van der Waals surface area contributed by atoms with Gasteiger partial charge in [-0.15, -0.1) is 0 Å². The number of sulfonamides is 1. The number of fused-ring (bicyclic) bond motifs is 3. The molecule has 3 aromatic rings. The Balaban J connectivity index is 1.29. The molecule has 2 aliphatic carbocycles. The Kier molecular flexibility index (Phi) is 6.01. The zero-order valence-electron chi connectivity index (χ0n) is 18.8. The van der Waals surface area contributed by atoms with E-state index in [4.69, 9.17) is 4.74 Å². The highest BCUT2D eigenvalue weighted by Crippen LogP contribution is 2.51. The van der Waals surface area contributed by atoms with Crippen molar-refractivity contribution in [2.75, 3.05) is 7.05 Å². The van der Waals surface area contributed by atoms with Gasteiger partial charge < -0.3 is 4.74 Å². The zero-order valence-corrected chi connectivity index (χ0v) is 19.6. The van der Waals surface area contributed by atoms with Crippen LogP contribution in [0.2, 0.25) is 0 Å². The molecule has 0 spiro atoms. The summed E-state index contributed by atoms with van der Waals surface area (Å²) in [5.74, 6) is -0.302. The Hall–Kier alpha value is -3.01. The lowest BCUT2D eigenvalue weighted by atomic mass is 9.84. The van der Waals surface area contributed by atoms with Gasteiger partial charge >= 0.3 is 0 Å². The van der Waals surface area contributed by atoms with E-state index >= 15 is 0 Å². The standard InChI is InChI=1S/C25H27N3O5S/c1-28(24-18-7-6-17(14-18)23(24)25(29)27-30)34(31,32)21-12-10-20(11-13-21)33-15-19-9-8-16-4-2-3-5-22(16)26-19/h2-5,8-13,17-18,23-24,30H,6-7,14-15H2,1H3,(H,27,29)/t17?,18?,23-,24+/m1/s1. The van der Waals surface area contributed by atoms with Crippen LogP contribution in [0.1, 0.15) is 25.0 Å². The molecule has 5 rings (SSSR count). The molecule has 2 bridgehead atoms. The van der Waals surface area contributed by atoms with Crippen LogP contribution in [0.5, 0.6) is 5.75 Å². The topological polar surface area (TPSA) is 109 Å². The van der Waals surface area contributed by atoms with Gasteiger partial charge in [-0.25, -0.2) is 18.9 Å². The molecule has 178 valence electrons. The van der Waals surface area contributed by atoms with E-state index in [9.17, 15) is 18.4 Å². The summed E-state index contributed by atoms with van der Waals surface area (Å²) in [6.45, 7) is 0.264. The lowest BCUT2D eigenvalue weighted by Gasteiger charge is -2.35. The first-order chi connectivity index (χ1) is 16.4. The van der Waals surface area contributed by atoms with Crippen LogP contribution < -0.4 is 10.2 Å². The Morgan fingerprint density at radius 2 is 1.82 bits per heavy atom. The second-order valence-corrected chi connectivity index (χ2v) is 11.1. The quantitative estimate of drug-likeness (QED) is 0.396. The molecule has 2 fully saturated rings. The van der Waals surface area contributed by atoms with E-state index in [1.165, 1.54) is 23.5 Å². The summed E-state index contributed by atoms with van der Waals surface area (Å²) in [6.07, 6.45) is 2.57. The van der Waals surface area contributed by atoms with Gasteiger partial charge in [0.1, 0.15) is 12.4 Å². The molecule has 2 N–H and O–H groups in total. The SMILES string of the molecule is CN([C@H]1C2CCC(C2)[C@H]1C(=O)NO)S(=O)(=O)c1ccc(OCc2ccc3ccccc3n2)cc1. The van der Waals surface area contributed by atoms with Gasteiger partial charge in [-0.2, -0.15) is 4.31 Å². The third-order valence-corrected chi connectivity index (χ3v) is 9.12. The summed E-state index contributed by atoms with van der Waals surface area (Å²) in [4.78, 5) is 17.0. The second kappa shape index (κ2) is 8.98. The first-order valence-corrected chi connectivity index (χ1v) is 12.8. The Bertz CT molecular complexity index is 1310. The highest BCUT2D eigenvalue weighted by molar-refractivity contribution is 7.89. The maximum Gasteiger partial charge on any atom is 0.248 e. The van der Waals surface area contributed by atoms with Crippen LogP contribution in [-0.4, -0.2) is 41.9 Å². The minimum atomic E-state index is -3.82.